The largest absolute Gasteiger partial charge is 0.324 e. The highest BCUT2D eigenvalue weighted by Crippen LogP contribution is 2.54. The van der Waals surface area contributed by atoms with E-state index >= 15 is 0 Å². The Hall–Kier alpha value is -3.16. The van der Waals surface area contributed by atoms with E-state index < -0.39 is 17.4 Å². The average Bonchev–Trinajstić information content (AvgIpc) is 3.42. The van der Waals surface area contributed by atoms with E-state index in [1.165, 1.54) is 4.90 Å². The van der Waals surface area contributed by atoms with Crippen molar-refractivity contribution < 1.29 is 14.4 Å². The SMILES string of the molecule is CSCC[C@@H]1N[C@]2(C(=O)Nc3ccccc32)[C@@H]2C(=O)N(c3cccc4ccccc34)C(=O)[C@H]12. The molecule has 4 atom stereocenters. The summed E-state index contributed by atoms with van der Waals surface area (Å²) in [6.45, 7) is 0. The number of amides is 3. The maximum atomic E-state index is 14.1. The Balaban J connectivity index is 1.53. The van der Waals surface area contributed by atoms with Crippen LogP contribution in [0.2, 0.25) is 0 Å². The number of thioether (sulfide) groups is 1. The zero-order valence-electron chi connectivity index (χ0n) is 18.1. The van der Waals surface area contributed by atoms with Gasteiger partial charge in [0.15, 0.2) is 0 Å². The molecule has 3 aromatic carbocycles. The highest BCUT2D eigenvalue weighted by Gasteiger charge is 2.70. The third-order valence-electron chi connectivity index (χ3n) is 7.26. The summed E-state index contributed by atoms with van der Waals surface area (Å²) in [4.78, 5) is 42.8. The third-order valence-corrected chi connectivity index (χ3v) is 7.91. The minimum Gasteiger partial charge on any atom is -0.324 e. The fourth-order valence-corrected chi connectivity index (χ4v) is 6.38. The maximum Gasteiger partial charge on any atom is 0.250 e. The van der Waals surface area contributed by atoms with Crippen LogP contribution in [0, 0.1) is 11.8 Å². The predicted molar refractivity (Wildman–Crippen MR) is 130 cm³/mol. The number of carbonyl (C=O) groups is 3. The van der Waals surface area contributed by atoms with Gasteiger partial charge in [-0.3, -0.25) is 19.7 Å². The van der Waals surface area contributed by atoms with Gasteiger partial charge < -0.3 is 5.32 Å². The number of anilines is 2. The molecule has 3 amide bonds. The maximum absolute atomic E-state index is 14.1. The van der Waals surface area contributed by atoms with Crippen molar-refractivity contribution >= 4 is 51.6 Å². The zero-order valence-corrected chi connectivity index (χ0v) is 18.9. The van der Waals surface area contributed by atoms with Crippen LogP contribution >= 0.6 is 11.8 Å². The molecule has 3 aliphatic rings. The van der Waals surface area contributed by atoms with E-state index in [2.05, 4.69) is 10.6 Å². The summed E-state index contributed by atoms with van der Waals surface area (Å²) >= 11 is 1.69. The molecule has 3 aromatic rings. The molecule has 0 aliphatic carbocycles. The number of nitrogens with zero attached hydrogens (tertiary/aromatic N) is 1. The van der Waals surface area contributed by atoms with Crippen molar-refractivity contribution in [3.63, 3.8) is 0 Å². The molecule has 166 valence electrons. The smallest absolute Gasteiger partial charge is 0.250 e. The summed E-state index contributed by atoms with van der Waals surface area (Å²) in [5.41, 5.74) is 0.791. The van der Waals surface area contributed by atoms with Gasteiger partial charge in [-0.05, 0) is 35.9 Å². The predicted octanol–water partition coefficient (Wildman–Crippen LogP) is 3.52. The second-order valence-electron chi connectivity index (χ2n) is 8.85. The topological polar surface area (TPSA) is 78.5 Å². The lowest BCUT2D eigenvalue weighted by Gasteiger charge is -2.29. The van der Waals surface area contributed by atoms with E-state index in [9.17, 15) is 14.4 Å². The molecule has 3 heterocycles. The minimum atomic E-state index is -1.24. The fourth-order valence-electron chi connectivity index (χ4n) is 5.89. The van der Waals surface area contributed by atoms with Crippen LogP contribution in [0.5, 0.6) is 0 Å². The van der Waals surface area contributed by atoms with Crippen molar-refractivity contribution in [2.24, 2.45) is 11.8 Å². The van der Waals surface area contributed by atoms with Gasteiger partial charge in [0, 0.05) is 22.7 Å². The molecular weight excluding hydrogens is 434 g/mol. The van der Waals surface area contributed by atoms with E-state index in [1.807, 2.05) is 73.0 Å². The van der Waals surface area contributed by atoms with Gasteiger partial charge in [0.05, 0.1) is 17.5 Å². The Morgan fingerprint density at radius 2 is 1.70 bits per heavy atom. The molecule has 0 aromatic heterocycles. The molecule has 6 rings (SSSR count). The lowest BCUT2D eigenvalue weighted by atomic mass is 9.76. The van der Waals surface area contributed by atoms with Gasteiger partial charge >= 0.3 is 0 Å². The molecule has 0 bridgehead atoms. The van der Waals surface area contributed by atoms with Gasteiger partial charge in [0.2, 0.25) is 17.7 Å². The van der Waals surface area contributed by atoms with E-state index in [0.717, 1.165) is 22.1 Å². The molecule has 3 aliphatic heterocycles. The van der Waals surface area contributed by atoms with Gasteiger partial charge in [-0.15, -0.1) is 0 Å². The summed E-state index contributed by atoms with van der Waals surface area (Å²) in [6, 6.07) is 20.6. The molecule has 0 saturated carbocycles. The van der Waals surface area contributed by atoms with Crippen LogP contribution in [0.15, 0.2) is 66.7 Å². The minimum absolute atomic E-state index is 0.228. The Bertz CT molecular complexity index is 1320. The Labute approximate surface area is 195 Å². The number of rotatable bonds is 4. The van der Waals surface area contributed by atoms with E-state index in [1.54, 1.807) is 11.8 Å². The Kier molecular flexibility index (Phi) is 4.61. The zero-order chi connectivity index (χ0) is 22.7. The molecule has 33 heavy (non-hydrogen) atoms. The molecule has 0 radical (unpaired) electrons. The molecule has 0 unspecified atom stereocenters. The van der Waals surface area contributed by atoms with E-state index in [4.69, 9.17) is 0 Å². The Morgan fingerprint density at radius 3 is 2.55 bits per heavy atom. The molecule has 2 fully saturated rings. The van der Waals surface area contributed by atoms with Gasteiger partial charge in [0.1, 0.15) is 5.54 Å². The van der Waals surface area contributed by atoms with Crippen LogP contribution in [-0.4, -0.2) is 35.8 Å². The van der Waals surface area contributed by atoms with Crippen molar-refractivity contribution in [3.8, 4) is 0 Å². The van der Waals surface area contributed by atoms with Crippen molar-refractivity contribution in [2.75, 3.05) is 22.2 Å². The standard InChI is InChI=1S/C26H23N3O3S/c1-33-14-13-19-21-22(26(28-19)17-10-4-5-11-18(17)27-25(26)32)24(31)29(23(21)30)20-12-6-8-15-7-2-3-9-16(15)20/h2-12,19,21-22,28H,13-14H2,1H3,(H,27,32)/t19-,21+,22-,26-/m0/s1. The lowest BCUT2D eigenvalue weighted by molar-refractivity contribution is -0.130. The molecule has 7 heteroatoms. The number of benzene rings is 3. The van der Waals surface area contributed by atoms with Crippen molar-refractivity contribution in [3.05, 3.63) is 72.3 Å². The van der Waals surface area contributed by atoms with E-state index in [0.29, 0.717) is 17.8 Å². The van der Waals surface area contributed by atoms with Crippen LogP contribution in [0.25, 0.3) is 10.8 Å². The van der Waals surface area contributed by atoms with Crippen LogP contribution in [-0.2, 0) is 19.9 Å². The molecule has 6 nitrogen and oxygen atoms in total. The number of para-hydroxylation sites is 1. The second-order valence-corrected chi connectivity index (χ2v) is 9.84. The number of hydrogen-bond donors (Lipinski definition) is 2. The van der Waals surface area contributed by atoms with Crippen molar-refractivity contribution in [1.82, 2.24) is 5.32 Å². The molecule has 2 saturated heterocycles. The fraction of sp³-hybridized carbons (Fsp3) is 0.269. The molecule has 1 spiro atoms. The van der Waals surface area contributed by atoms with Gasteiger partial charge in [-0.25, -0.2) is 4.90 Å². The third kappa shape index (κ3) is 2.69. The highest BCUT2D eigenvalue weighted by atomic mass is 32.2. The van der Waals surface area contributed by atoms with Gasteiger partial charge in [-0.1, -0.05) is 54.6 Å². The van der Waals surface area contributed by atoms with Crippen LogP contribution in [0.1, 0.15) is 12.0 Å². The van der Waals surface area contributed by atoms with Crippen molar-refractivity contribution in [1.29, 1.82) is 0 Å². The summed E-state index contributed by atoms with van der Waals surface area (Å²) < 4.78 is 0. The summed E-state index contributed by atoms with van der Waals surface area (Å²) in [7, 11) is 0. The normalized spacial score (nSPS) is 28.0. The average molecular weight is 458 g/mol. The first-order valence-corrected chi connectivity index (χ1v) is 12.5. The lowest BCUT2D eigenvalue weighted by Crippen LogP contribution is -2.53. The van der Waals surface area contributed by atoms with Crippen LogP contribution in [0.4, 0.5) is 11.4 Å². The molecular formula is C26H23N3O3S. The second kappa shape index (κ2) is 7.43. The quantitative estimate of drug-likeness (QED) is 0.586. The number of hydrogen-bond acceptors (Lipinski definition) is 5. The highest BCUT2D eigenvalue weighted by molar-refractivity contribution is 7.98. The number of fused-ring (bicyclic) bond motifs is 5. The van der Waals surface area contributed by atoms with Gasteiger partial charge in [-0.2, -0.15) is 11.8 Å². The number of imide groups is 1. The first kappa shape index (κ1) is 20.4. The van der Waals surface area contributed by atoms with Gasteiger partial charge in [0.25, 0.3) is 0 Å². The van der Waals surface area contributed by atoms with Crippen LogP contribution in [0.3, 0.4) is 0 Å². The summed E-state index contributed by atoms with van der Waals surface area (Å²) in [5.74, 6) is -1.36. The Morgan fingerprint density at radius 1 is 0.939 bits per heavy atom. The first-order valence-electron chi connectivity index (χ1n) is 11.1. The number of nitrogens with one attached hydrogen (secondary N) is 2. The molecule has 2 N–H and O–H groups in total. The first-order chi connectivity index (χ1) is 16.1. The monoisotopic (exact) mass is 457 g/mol. The summed E-state index contributed by atoms with van der Waals surface area (Å²) in [6.07, 6.45) is 2.71. The van der Waals surface area contributed by atoms with E-state index in [-0.39, 0.29) is 23.8 Å². The van der Waals surface area contributed by atoms with Crippen LogP contribution < -0.4 is 15.5 Å². The van der Waals surface area contributed by atoms with Crippen molar-refractivity contribution in [2.45, 2.75) is 18.0 Å². The summed E-state index contributed by atoms with van der Waals surface area (Å²) in [5, 5.41) is 8.25. The number of carbonyl (C=O) groups excluding carboxylic acids is 3.